The number of ether oxygens (including phenoxy) is 1. The highest BCUT2D eigenvalue weighted by molar-refractivity contribution is 5.93. The number of carbonyl (C=O) groups is 2. The zero-order valence-electron chi connectivity index (χ0n) is 33.5. The Hall–Kier alpha value is -2.86. The van der Waals surface area contributed by atoms with Crippen molar-refractivity contribution in [2.75, 3.05) is 36.1 Å². The zero-order chi connectivity index (χ0) is 37.3. The third-order valence-corrected chi connectivity index (χ3v) is 11.5. The Morgan fingerprint density at radius 2 is 0.904 bits per heavy atom. The molecule has 6 nitrogen and oxygen atoms in total. The lowest BCUT2D eigenvalue weighted by Gasteiger charge is -2.40. The number of Topliss-reactive ketones (excluding diaryl/α,β-unsaturated/α-hetero) is 1. The Kier molecular flexibility index (Phi) is 21.8. The topological polar surface area (TPSA) is 70.1 Å². The van der Waals surface area contributed by atoms with Crippen molar-refractivity contribution in [2.45, 2.75) is 175 Å². The summed E-state index contributed by atoms with van der Waals surface area (Å²) in [6.45, 7) is 9.19. The van der Waals surface area contributed by atoms with Crippen LogP contribution in [0.3, 0.4) is 0 Å². The SMILES string of the molecule is CCC(C)(CC)C(=O)CCCCC(=O)OCCCCCCCCCCCN1c2ccccc2N(CCCCCCCCCCCO)c2ccccc21. The molecular formula is C46H74N2O4. The molecule has 1 heterocycles. The van der Waals surface area contributed by atoms with E-state index in [9.17, 15) is 9.59 Å². The van der Waals surface area contributed by atoms with Crippen molar-refractivity contribution in [3.05, 3.63) is 48.5 Å². The highest BCUT2D eigenvalue weighted by Gasteiger charge is 2.28. The third-order valence-electron chi connectivity index (χ3n) is 11.5. The van der Waals surface area contributed by atoms with Gasteiger partial charge in [0.1, 0.15) is 5.78 Å². The van der Waals surface area contributed by atoms with Crippen LogP contribution in [0.1, 0.15) is 175 Å². The minimum atomic E-state index is -0.208. The van der Waals surface area contributed by atoms with Gasteiger partial charge in [0.2, 0.25) is 0 Å². The fraction of sp³-hybridized carbons (Fsp3) is 0.696. The molecule has 1 aliphatic rings. The molecule has 0 spiro atoms. The second-order valence-electron chi connectivity index (χ2n) is 15.5. The van der Waals surface area contributed by atoms with E-state index in [1.54, 1.807) is 0 Å². The maximum Gasteiger partial charge on any atom is 0.305 e. The number of para-hydroxylation sites is 4. The fourth-order valence-electron chi connectivity index (χ4n) is 7.57. The Balaban J connectivity index is 1.25. The summed E-state index contributed by atoms with van der Waals surface area (Å²) in [5.41, 5.74) is 5.16. The number of rotatable bonds is 31. The van der Waals surface area contributed by atoms with E-state index in [1.165, 1.54) is 113 Å². The first-order chi connectivity index (χ1) is 25.4. The van der Waals surface area contributed by atoms with E-state index in [0.717, 1.165) is 64.5 Å². The van der Waals surface area contributed by atoms with Crippen LogP contribution >= 0.6 is 0 Å². The van der Waals surface area contributed by atoms with Crippen LogP contribution in [0.25, 0.3) is 0 Å². The smallest absolute Gasteiger partial charge is 0.305 e. The van der Waals surface area contributed by atoms with Gasteiger partial charge in [-0.1, -0.05) is 135 Å². The van der Waals surface area contributed by atoms with Gasteiger partial charge in [-0.05, 0) is 75.6 Å². The van der Waals surface area contributed by atoms with Crippen LogP contribution in [0, 0.1) is 5.41 Å². The first-order valence-electron chi connectivity index (χ1n) is 21.5. The maximum atomic E-state index is 12.4. The van der Waals surface area contributed by atoms with Crippen molar-refractivity contribution >= 4 is 34.5 Å². The average Bonchev–Trinajstić information content (AvgIpc) is 3.17. The molecule has 3 rings (SSSR count). The molecule has 1 N–H and O–H groups in total. The molecule has 0 amide bonds. The number of carbonyl (C=O) groups excluding carboxylic acids is 2. The molecule has 2 aromatic rings. The molecule has 52 heavy (non-hydrogen) atoms. The summed E-state index contributed by atoms with van der Waals surface area (Å²) in [6, 6.07) is 17.9. The predicted octanol–water partition coefficient (Wildman–Crippen LogP) is 12.8. The molecule has 0 atom stereocenters. The first-order valence-corrected chi connectivity index (χ1v) is 21.5. The van der Waals surface area contributed by atoms with Crippen LogP contribution in [0.2, 0.25) is 0 Å². The van der Waals surface area contributed by atoms with Gasteiger partial charge in [-0.3, -0.25) is 9.59 Å². The standard InChI is InChI=1S/C46H74N2O4/c1-4-46(3,5-2)44(50)34-24-25-35-45(51)52-39-29-19-15-11-7-9-13-17-27-37-48-42-32-22-20-30-40(42)47(41-31-21-23-33-43(41)48)36-26-16-12-8-6-10-14-18-28-38-49/h20-23,30-33,49H,4-19,24-29,34-39H2,1-3H3. The lowest BCUT2D eigenvalue weighted by molar-refractivity contribution is -0.144. The molecule has 292 valence electrons. The van der Waals surface area contributed by atoms with E-state index in [4.69, 9.17) is 9.84 Å². The van der Waals surface area contributed by atoms with Gasteiger partial charge in [0.15, 0.2) is 0 Å². The third kappa shape index (κ3) is 15.2. The van der Waals surface area contributed by atoms with Crippen LogP contribution in [-0.4, -0.2) is 43.2 Å². The summed E-state index contributed by atoms with van der Waals surface area (Å²) in [4.78, 5) is 29.6. The Labute approximate surface area is 318 Å². The molecule has 2 aromatic carbocycles. The number of benzene rings is 2. The summed E-state index contributed by atoms with van der Waals surface area (Å²) >= 11 is 0. The first kappa shape index (κ1) is 43.5. The summed E-state index contributed by atoms with van der Waals surface area (Å²) in [5.74, 6) is 0.215. The van der Waals surface area contributed by atoms with Gasteiger partial charge in [0.05, 0.1) is 29.4 Å². The van der Waals surface area contributed by atoms with Gasteiger partial charge < -0.3 is 19.6 Å². The number of nitrogens with zero attached hydrogens (tertiary/aromatic N) is 2. The van der Waals surface area contributed by atoms with Crippen LogP contribution < -0.4 is 9.80 Å². The number of hydrogen-bond donors (Lipinski definition) is 1. The molecule has 0 saturated carbocycles. The molecule has 6 heteroatoms. The lowest BCUT2D eigenvalue weighted by atomic mass is 9.78. The molecule has 1 aliphatic heterocycles. The number of unbranched alkanes of at least 4 members (excludes halogenated alkanes) is 17. The van der Waals surface area contributed by atoms with Crippen LogP contribution in [0.5, 0.6) is 0 Å². The summed E-state index contributed by atoms with van der Waals surface area (Å²) < 4.78 is 5.44. The van der Waals surface area contributed by atoms with E-state index < -0.39 is 0 Å². The van der Waals surface area contributed by atoms with E-state index in [-0.39, 0.29) is 11.4 Å². The second-order valence-corrected chi connectivity index (χ2v) is 15.5. The average molecular weight is 719 g/mol. The molecular weight excluding hydrogens is 645 g/mol. The van der Waals surface area contributed by atoms with Gasteiger partial charge >= 0.3 is 5.97 Å². The number of ketones is 1. The Bertz CT molecular complexity index is 1210. The van der Waals surface area contributed by atoms with E-state index >= 15 is 0 Å². The van der Waals surface area contributed by atoms with Crippen molar-refractivity contribution in [3.8, 4) is 0 Å². The van der Waals surface area contributed by atoms with Crippen molar-refractivity contribution in [1.29, 1.82) is 0 Å². The minimum absolute atomic E-state index is 0.116. The summed E-state index contributed by atoms with van der Waals surface area (Å²) in [6.07, 6.45) is 26.2. The van der Waals surface area contributed by atoms with Crippen molar-refractivity contribution in [3.63, 3.8) is 0 Å². The zero-order valence-corrected chi connectivity index (χ0v) is 33.5. The molecule has 0 unspecified atom stereocenters. The van der Waals surface area contributed by atoms with Crippen molar-refractivity contribution < 1.29 is 19.4 Å². The molecule has 0 fully saturated rings. The minimum Gasteiger partial charge on any atom is -0.466 e. The molecule has 0 bridgehead atoms. The van der Waals surface area contributed by atoms with Gasteiger partial charge in [0.25, 0.3) is 0 Å². The van der Waals surface area contributed by atoms with E-state index in [2.05, 4.69) is 79.1 Å². The summed E-state index contributed by atoms with van der Waals surface area (Å²) in [5, 5.41) is 8.95. The number of esters is 1. The number of fused-ring (bicyclic) bond motifs is 2. The molecule has 0 aliphatic carbocycles. The fourth-order valence-corrected chi connectivity index (χ4v) is 7.57. The van der Waals surface area contributed by atoms with Crippen molar-refractivity contribution in [1.82, 2.24) is 0 Å². The number of hydrogen-bond acceptors (Lipinski definition) is 6. The molecule has 0 radical (unpaired) electrons. The molecule has 0 saturated heterocycles. The summed E-state index contributed by atoms with van der Waals surface area (Å²) in [7, 11) is 0. The number of aliphatic hydroxyl groups is 1. The lowest BCUT2D eigenvalue weighted by Crippen LogP contribution is -2.30. The maximum absolute atomic E-state index is 12.4. The van der Waals surface area contributed by atoms with Crippen LogP contribution in [-0.2, 0) is 14.3 Å². The Morgan fingerprint density at radius 3 is 1.31 bits per heavy atom. The normalized spacial score (nSPS) is 12.5. The van der Waals surface area contributed by atoms with Crippen LogP contribution in [0.4, 0.5) is 22.7 Å². The van der Waals surface area contributed by atoms with Crippen molar-refractivity contribution in [2.24, 2.45) is 5.41 Å². The van der Waals surface area contributed by atoms with Gasteiger partial charge in [-0.25, -0.2) is 0 Å². The largest absolute Gasteiger partial charge is 0.466 e. The second kappa shape index (κ2) is 26.0. The highest BCUT2D eigenvalue weighted by Crippen LogP contribution is 2.47. The quantitative estimate of drug-likeness (QED) is 0.0618. The van der Waals surface area contributed by atoms with E-state index in [1.807, 2.05) is 0 Å². The molecule has 0 aromatic heterocycles. The van der Waals surface area contributed by atoms with Gasteiger partial charge in [-0.15, -0.1) is 0 Å². The van der Waals surface area contributed by atoms with Gasteiger partial charge in [-0.2, -0.15) is 0 Å². The van der Waals surface area contributed by atoms with Gasteiger partial charge in [0, 0.05) is 38.0 Å². The highest BCUT2D eigenvalue weighted by atomic mass is 16.5. The number of aliphatic hydroxyl groups excluding tert-OH is 1. The predicted molar refractivity (Wildman–Crippen MR) is 220 cm³/mol. The Morgan fingerprint density at radius 1 is 0.538 bits per heavy atom. The monoisotopic (exact) mass is 719 g/mol. The van der Waals surface area contributed by atoms with E-state index in [0.29, 0.717) is 31.8 Å². The van der Waals surface area contributed by atoms with Crippen LogP contribution in [0.15, 0.2) is 48.5 Å². The number of anilines is 4.